The number of nitrogens with one attached hydrogen (secondary N) is 2. The fourth-order valence-corrected chi connectivity index (χ4v) is 5.02. The zero-order valence-corrected chi connectivity index (χ0v) is 21.8. The van der Waals surface area contributed by atoms with Gasteiger partial charge in [0.2, 0.25) is 5.91 Å². The van der Waals surface area contributed by atoms with Gasteiger partial charge in [0.05, 0.1) is 0 Å². The van der Waals surface area contributed by atoms with E-state index in [4.69, 9.17) is 0 Å². The second kappa shape index (κ2) is 12.7. The van der Waals surface area contributed by atoms with Crippen LogP contribution >= 0.6 is 24.0 Å². The SMILES string of the molecule is CN=C(NCCN1CCN(C(=O)C2CCCC2)CC1)NC1CCN(c2ncccc2F)C1.I. The Kier molecular flexibility index (Phi) is 9.96. The van der Waals surface area contributed by atoms with E-state index in [0.717, 1.165) is 71.0 Å². The van der Waals surface area contributed by atoms with Crippen LogP contribution in [0, 0.1) is 11.7 Å². The average Bonchev–Trinajstić information content (AvgIpc) is 3.51. The van der Waals surface area contributed by atoms with E-state index >= 15 is 0 Å². The molecule has 3 aliphatic rings. The van der Waals surface area contributed by atoms with Crippen molar-refractivity contribution in [1.29, 1.82) is 0 Å². The molecule has 4 rings (SSSR count). The van der Waals surface area contributed by atoms with Crippen LogP contribution in [0.1, 0.15) is 32.1 Å². The number of halogens is 2. The number of carbonyl (C=O) groups is 1. The Balaban J connectivity index is 0.00000306. The van der Waals surface area contributed by atoms with E-state index in [-0.39, 0.29) is 41.8 Å². The highest BCUT2D eigenvalue weighted by molar-refractivity contribution is 14.0. The molecule has 0 aromatic carbocycles. The maximum atomic E-state index is 14.0. The van der Waals surface area contributed by atoms with E-state index in [1.54, 1.807) is 19.3 Å². The number of guanidine groups is 1. The largest absolute Gasteiger partial charge is 0.355 e. The van der Waals surface area contributed by atoms with E-state index in [0.29, 0.717) is 18.3 Å². The molecule has 1 unspecified atom stereocenters. The highest BCUT2D eigenvalue weighted by Gasteiger charge is 2.29. The molecule has 33 heavy (non-hydrogen) atoms. The number of carbonyl (C=O) groups excluding carboxylic acids is 1. The van der Waals surface area contributed by atoms with Crippen molar-refractivity contribution in [1.82, 2.24) is 25.4 Å². The standard InChI is InChI=1S/C23H36FN7O.HI/c1-25-23(28-19-8-11-31(17-19)21-20(24)7-4-9-26-21)27-10-12-29-13-15-30(16-14-29)22(32)18-5-2-3-6-18;/h4,7,9,18-19H,2-3,5-6,8,10-17H2,1H3,(H2,25,27,28);1H. The molecule has 0 bridgehead atoms. The molecule has 2 N–H and O–H groups in total. The Morgan fingerprint density at radius 2 is 1.94 bits per heavy atom. The Morgan fingerprint density at radius 1 is 1.18 bits per heavy atom. The monoisotopic (exact) mass is 573 g/mol. The van der Waals surface area contributed by atoms with Gasteiger partial charge in [-0.1, -0.05) is 12.8 Å². The van der Waals surface area contributed by atoms with Crippen LogP contribution in [0.15, 0.2) is 23.3 Å². The van der Waals surface area contributed by atoms with E-state index in [2.05, 4.69) is 30.4 Å². The second-order valence-corrected chi connectivity index (χ2v) is 9.03. The fraction of sp³-hybridized carbons (Fsp3) is 0.696. The molecule has 0 spiro atoms. The predicted molar refractivity (Wildman–Crippen MR) is 140 cm³/mol. The number of amides is 1. The van der Waals surface area contributed by atoms with Crippen molar-refractivity contribution >= 4 is 41.7 Å². The number of nitrogens with zero attached hydrogens (tertiary/aromatic N) is 5. The van der Waals surface area contributed by atoms with Gasteiger partial charge in [-0.3, -0.25) is 14.7 Å². The molecule has 3 heterocycles. The normalized spacial score (nSPS) is 22.4. The Hall–Kier alpha value is -1.69. The van der Waals surface area contributed by atoms with Crippen molar-refractivity contribution in [3.8, 4) is 0 Å². The summed E-state index contributed by atoms with van der Waals surface area (Å²) < 4.78 is 14.0. The summed E-state index contributed by atoms with van der Waals surface area (Å²) in [4.78, 5) is 27.6. The van der Waals surface area contributed by atoms with Gasteiger partial charge >= 0.3 is 0 Å². The van der Waals surface area contributed by atoms with Crippen molar-refractivity contribution in [2.75, 3.05) is 64.3 Å². The van der Waals surface area contributed by atoms with Crippen LogP contribution in [0.25, 0.3) is 0 Å². The van der Waals surface area contributed by atoms with Crippen LogP contribution in [-0.2, 0) is 4.79 Å². The maximum absolute atomic E-state index is 14.0. The molecule has 1 atom stereocenters. The number of hydrogen-bond donors (Lipinski definition) is 2. The number of aliphatic imine (C=N–C) groups is 1. The first-order valence-electron chi connectivity index (χ1n) is 12.0. The van der Waals surface area contributed by atoms with Gasteiger partial charge < -0.3 is 20.4 Å². The zero-order valence-electron chi connectivity index (χ0n) is 19.5. The minimum atomic E-state index is -0.277. The molecule has 1 aromatic rings. The molecule has 1 aromatic heterocycles. The summed E-state index contributed by atoms with van der Waals surface area (Å²) in [5.74, 6) is 1.57. The lowest BCUT2D eigenvalue weighted by atomic mass is 10.1. The molecule has 3 fully saturated rings. The summed E-state index contributed by atoms with van der Waals surface area (Å²) in [6, 6.07) is 3.27. The van der Waals surface area contributed by atoms with Crippen molar-refractivity contribution < 1.29 is 9.18 Å². The highest BCUT2D eigenvalue weighted by Crippen LogP contribution is 2.27. The Morgan fingerprint density at radius 3 is 2.64 bits per heavy atom. The Labute approximate surface area is 213 Å². The lowest BCUT2D eigenvalue weighted by Gasteiger charge is -2.36. The van der Waals surface area contributed by atoms with Crippen LogP contribution in [0.3, 0.4) is 0 Å². The van der Waals surface area contributed by atoms with Gasteiger partial charge in [-0.25, -0.2) is 9.37 Å². The Bertz CT molecular complexity index is 797. The van der Waals surface area contributed by atoms with Crippen molar-refractivity contribution in [3.05, 3.63) is 24.1 Å². The molecular weight excluding hydrogens is 536 g/mol. The minimum Gasteiger partial charge on any atom is -0.355 e. The lowest BCUT2D eigenvalue weighted by Crippen LogP contribution is -2.52. The first-order chi connectivity index (χ1) is 15.6. The van der Waals surface area contributed by atoms with Crippen LogP contribution in [0.5, 0.6) is 0 Å². The summed E-state index contributed by atoms with van der Waals surface area (Å²) >= 11 is 0. The molecule has 1 aliphatic carbocycles. The van der Waals surface area contributed by atoms with E-state index in [9.17, 15) is 9.18 Å². The molecule has 8 nitrogen and oxygen atoms in total. The molecule has 1 saturated carbocycles. The average molecular weight is 573 g/mol. The van der Waals surface area contributed by atoms with Crippen molar-refractivity contribution in [2.24, 2.45) is 10.9 Å². The molecule has 184 valence electrons. The predicted octanol–water partition coefficient (Wildman–Crippen LogP) is 1.92. The quantitative estimate of drug-likeness (QED) is 0.308. The van der Waals surface area contributed by atoms with Crippen LogP contribution in [0.4, 0.5) is 10.2 Å². The first kappa shape index (κ1) is 25.9. The van der Waals surface area contributed by atoms with E-state index in [1.807, 2.05) is 4.90 Å². The van der Waals surface area contributed by atoms with Crippen LogP contribution in [-0.4, -0.2) is 92.1 Å². The van der Waals surface area contributed by atoms with Gasteiger partial charge in [-0.15, -0.1) is 24.0 Å². The van der Waals surface area contributed by atoms with Crippen LogP contribution < -0.4 is 15.5 Å². The maximum Gasteiger partial charge on any atom is 0.225 e. The minimum absolute atomic E-state index is 0. The van der Waals surface area contributed by atoms with Crippen molar-refractivity contribution in [3.63, 3.8) is 0 Å². The smallest absolute Gasteiger partial charge is 0.225 e. The molecule has 1 amide bonds. The molecular formula is C23H37FIN7O. The summed E-state index contributed by atoms with van der Waals surface area (Å²) in [5.41, 5.74) is 0. The first-order valence-corrected chi connectivity index (χ1v) is 12.0. The van der Waals surface area contributed by atoms with Crippen molar-refractivity contribution in [2.45, 2.75) is 38.1 Å². The van der Waals surface area contributed by atoms with E-state index < -0.39 is 0 Å². The zero-order chi connectivity index (χ0) is 22.3. The second-order valence-electron chi connectivity index (χ2n) is 9.03. The molecule has 10 heteroatoms. The summed E-state index contributed by atoms with van der Waals surface area (Å²) in [5, 5.41) is 6.85. The molecule has 0 radical (unpaired) electrons. The summed E-state index contributed by atoms with van der Waals surface area (Å²) in [6.07, 6.45) is 7.10. The number of piperazine rings is 1. The van der Waals surface area contributed by atoms with Gasteiger partial charge in [-0.2, -0.15) is 0 Å². The van der Waals surface area contributed by atoms with Gasteiger partial charge in [0.15, 0.2) is 17.6 Å². The topological polar surface area (TPSA) is 76.1 Å². The van der Waals surface area contributed by atoms with Gasteiger partial charge in [0, 0.05) is 77.6 Å². The fourth-order valence-electron chi connectivity index (χ4n) is 5.02. The summed E-state index contributed by atoms with van der Waals surface area (Å²) in [7, 11) is 1.77. The van der Waals surface area contributed by atoms with Gasteiger partial charge in [0.1, 0.15) is 0 Å². The number of rotatable bonds is 6. The summed E-state index contributed by atoms with van der Waals surface area (Å²) in [6.45, 7) is 6.72. The third-order valence-electron chi connectivity index (χ3n) is 6.90. The highest BCUT2D eigenvalue weighted by atomic mass is 127. The number of anilines is 1. The molecule has 2 aliphatic heterocycles. The third-order valence-corrected chi connectivity index (χ3v) is 6.90. The lowest BCUT2D eigenvalue weighted by molar-refractivity contribution is -0.137. The number of pyridine rings is 1. The van der Waals surface area contributed by atoms with E-state index in [1.165, 1.54) is 18.9 Å². The van der Waals surface area contributed by atoms with Gasteiger partial charge in [0.25, 0.3) is 0 Å². The van der Waals surface area contributed by atoms with Gasteiger partial charge in [-0.05, 0) is 31.4 Å². The number of aromatic nitrogens is 1. The third kappa shape index (κ3) is 6.91. The molecule has 2 saturated heterocycles. The number of hydrogen-bond acceptors (Lipinski definition) is 5. The van der Waals surface area contributed by atoms with Crippen LogP contribution in [0.2, 0.25) is 0 Å².